The lowest BCUT2D eigenvalue weighted by Crippen LogP contribution is -2.28. The zero-order valence-corrected chi connectivity index (χ0v) is 16.6. The number of sulfonamides is 1. The van der Waals surface area contributed by atoms with Gasteiger partial charge >= 0.3 is 0 Å². The summed E-state index contributed by atoms with van der Waals surface area (Å²) in [4.78, 5) is 25.0. The number of thiophene rings is 1. The molecule has 1 aliphatic rings. The average molecular weight is 429 g/mol. The normalized spacial score (nSPS) is 13.2. The molecule has 4 rings (SSSR count). The van der Waals surface area contributed by atoms with Crippen LogP contribution >= 0.6 is 11.3 Å². The number of benzene rings is 2. The standard InChI is InChI=1S/C19H15N3O5S2/c23-19(18-2-1-11-28-18)21-10-9-13-3-4-14(12-17(13)21)20-29(26,27)16-7-5-15(6-8-16)22(24)25/h1-8,11-12,20H,9-10H2. The van der Waals surface area contributed by atoms with Gasteiger partial charge in [0.25, 0.3) is 21.6 Å². The molecule has 1 amide bonds. The summed E-state index contributed by atoms with van der Waals surface area (Å²) in [6, 6.07) is 13.3. The van der Waals surface area contributed by atoms with Crippen molar-refractivity contribution in [3.05, 3.63) is 80.5 Å². The zero-order valence-electron chi connectivity index (χ0n) is 14.9. The number of hydrogen-bond acceptors (Lipinski definition) is 6. The van der Waals surface area contributed by atoms with Crippen LogP contribution in [0.5, 0.6) is 0 Å². The molecule has 0 aliphatic carbocycles. The van der Waals surface area contributed by atoms with Crippen LogP contribution in [0.3, 0.4) is 0 Å². The molecule has 0 atom stereocenters. The average Bonchev–Trinajstić information content (AvgIpc) is 3.37. The molecule has 0 saturated carbocycles. The van der Waals surface area contributed by atoms with Crippen LogP contribution in [0.4, 0.5) is 17.1 Å². The number of non-ortho nitro benzene ring substituents is 1. The molecule has 2 heterocycles. The van der Waals surface area contributed by atoms with Crippen LogP contribution in [0.2, 0.25) is 0 Å². The molecule has 29 heavy (non-hydrogen) atoms. The van der Waals surface area contributed by atoms with E-state index in [4.69, 9.17) is 0 Å². The van der Waals surface area contributed by atoms with Gasteiger partial charge in [0.15, 0.2) is 0 Å². The first-order valence-electron chi connectivity index (χ1n) is 8.61. The number of carbonyl (C=O) groups excluding carboxylic acids is 1. The molecule has 0 spiro atoms. The van der Waals surface area contributed by atoms with Crippen molar-refractivity contribution in [3.63, 3.8) is 0 Å². The largest absolute Gasteiger partial charge is 0.307 e. The molecule has 0 fully saturated rings. The topological polar surface area (TPSA) is 110 Å². The van der Waals surface area contributed by atoms with Crippen LogP contribution in [-0.2, 0) is 16.4 Å². The molecule has 148 valence electrons. The van der Waals surface area contributed by atoms with Crippen LogP contribution in [-0.4, -0.2) is 25.8 Å². The molecule has 10 heteroatoms. The summed E-state index contributed by atoms with van der Waals surface area (Å²) in [5.74, 6) is -0.117. The Morgan fingerprint density at radius 1 is 1.14 bits per heavy atom. The summed E-state index contributed by atoms with van der Waals surface area (Å²) in [5.41, 5.74) is 1.76. The first-order valence-corrected chi connectivity index (χ1v) is 11.0. The van der Waals surface area contributed by atoms with E-state index in [-0.39, 0.29) is 16.5 Å². The Morgan fingerprint density at radius 3 is 2.55 bits per heavy atom. The monoisotopic (exact) mass is 429 g/mol. The third kappa shape index (κ3) is 3.71. The number of nitro groups is 1. The number of fused-ring (bicyclic) bond motifs is 1. The molecule has 0 saturated heterocycles. The summed E-state index contributed by atoms with van der Waals surface area (Å²) in [6.07, 6.45) is 0.696. The van der Waals surface area contributed by atoms with Crippen molar-refractivity contribution in [2.75, 3.05) is 16.2 Å². The Morgan fingerprint density at radius 2 is 1.90 bits per heavy atom. The quantitative estimate of drug-likeness (QED) is 0.492. The molecular weight excluding hydrogens is 414 g/mol. The highest BCUT2D eigenvalue weighted by atomic mass is 32.2. The maximum atomic E-state index is 12.7. The molecule has 0 unspecified atom stereocenters. The third-order valence-corrected chi connectivity index (χ3v) is 6.82. The van der Waals surface area contributed by atoms with Gasteiger partial charge in [0, 0.05) is 24.4 Å². The SMILES string of the molecule is O=C(c1cccs1)N1CCc2ccc(NS(=O)(=O)c3ccc([N+](=O)[O-])cc3)cc21. The molecule has 1 aliphatic heterocycles. The molecule has 1 N–H and O–H groups in total. The zero-order chi connectivity index (χ0) is 20.6. The van der Waals surface area contributed by atoms with E-state index in [1.807, 2.05) is 11.4 Å². The minimum absolute atomic E-state index is 0.0879. The Kier molecular flexibility index (Phi) is 4.81. The second-order valence-corrected chi connectivity index (χ2v) is 9.01. The molecule has 8 nitrogen and oxygen atoms in total. The van der Waals surface area contributed by atoms with Crippen molar-refractivity contribution >= 4 is 44.3 Å². The van der Waals surface area contributed by atoms with Gasteiger partial charge in [-0.3, -0.25) is 19.6 Å². The van der Waals surface area contributed by atoms with E-state index in [2.05, 4.69) is 4.72 Å². The number of hydrogen-bond donors (Lipinski definition) is 1. The van der Waals surface area contributed by atoms with E-state index in [9.17, 15) is 23.3 Å². The second-order valence-electron chi connectivity index (χ2n) is 6.38. The number of nitrogens with zero attached hydrogens (tertiary/aromatic N) is 2. The number of carbonyl (C=O) groups is 1. The van der Waals surface area contributed by atoms with Crippen molar-refractivity contribution in [1.29, 1.82) is 0 Å². The Bertz CT molecular complexity index is 1190. The van der Waals surface area contributed by atoms with E-state index in [1.165, 1.54) is 23.5 Å². The smallest absolute Gasteiger partial charge is 0.269 e. The van der Waals surface area contributed by atoms with Gasteiger partial charge < -0.3 is 4.90 Å². The number of amides is 1. The van der Waals surface area contributed by atoms with Crippen LogP contribution in [0.25, 0.3) is 0 Å². The first-order chi connectivity index (χ1) is 13.8. The van der Waals surface area contributed by atoms with Crippen molar-refractivity contribution in [1.82, 2.24) is 0 Å². The Balaban J connectivity index is 1.60. The lowest BCUT2D eigenvalue weighted by Gasteiger charge is -2.17. The number of anilines is 2. The van der Waals surface area contributed by atoms with Crippen molar-refractivity contribution in [2.45, 2.75) is 11.3 Å². The molecule has 3 aromatic rings. The van der Waals surface area contributed by atoms with Crippen LogP contribution in [0.15, 0.2) is 64.9 Å². The van der Waals surface area contributed by atoms with Gasteiger partial charge in [-0.25, -0.2) is 8.42 Å². The van der Waals surface area contributed by atoms with Gasteiger partial charge in [0.1, 0.15) is 0 Å². The van der Waals surface area contributed by atoms with Gasteiger partial charge in [-0.2, -0.15) is 0 Å². The molecule has 0 radical (unpaired) electrons. The third-order valence-electron chi connectivity index (χ3n) is 4.57. The van der Waals surface area contributed by atoms with Crippen molar-refractivity contribution < 1.29 is 18.1 Å². The summed E-state index contributed by atoms with van der Waals surface area (Å²) >= 11 is 1.36. The highest BCUT2D eigenvalue weighted by molar-refractivity contribution is 7.92. The van der Waals surface area contributed by atoms with E-state index < -0.39 is 14.9 Å². The minimum atomic E-state index is -3.93. The summed E-state index contributed by atoms with van der Waals surface area (Å²) in [5, 5.41) is 12.6. The number of rotatable bonds is 5. The van der Waals surface area contributed by atoms with E-state index >= 15 is 0 Å². The highest BCUT2D eigenvalue weighted by Gasteiger charge is 2.27. The molecular formula is C19H15N3O5S2. The maximum Gasteiger partial charge on any atom is 0.269 e. The van der Waals surface area contributed by atoms with Gasteiger partial charge in [-0.05, 0) is 47.7 Å². The maximum absolute atomic E-state index is 12.7. The fourth-order valence-electron chi connectivity index (χ4n) is 3.15. The van der Waals surface area contributed by atoms with Crippen LogP contribution in [0, 0.1) is 10.1 Å². The first kappa shape index (κ1) is 19.1. The fraction of sp³-hybridized carbons (Fsp3) is 0.105. The van der Waals surface area contributed by atoms with Crippen molar-refractivity contribution in [2.24, 2.45) is 0 Å². The number of nitro benzene ring substituents is 1. The second kappa shape index (κ2) is 7.30. The highest BCUT2D eigenvalue weighted by Crippen LogP contribution is 2.33. The fourth-order valence-corrected chi connectivity index (χ4v) is 4.87. The van der Waals surface area contributed by atoms with Crippen LogP contribution in [0.1, 0.15) is 15.2 Å². The van der Waals surface area contributed by atoms with E-state index in [0.29, 0.717) is 29.2 Å². The summed E-state index contributed by atoms with van der Waals surface area (Å²) in [7, 11) is -3.93. The molecule has 1 aromatic heterocycles. The van der Waals surface area contributed by atoms with Gasteiger partial charge in [-0.1, -0.05) is 12.1 Å². The van der Waals surface area contributed by atoms with E-state index in [1.54, 1.807) is 29.2 Å². The number of nitrogens with one attached hydrogen (secondary N) is 1. The lowest BCUT2D eigenvalue weighted by atomic mass is 10.1. The lowest BCUT2D eigenvalue weighted by molar-refractivity contribution is -0.384. The molecule has 0 bridgehead atoms. The predicted octanol–water partition coefficient (Wildman–Crippen LogP) is 3.66. The Labute approximate surface area is 170 Å². The summed E-state index contributed by atoms with van der Waals surface area (Å²) < 4.78 is 27.7. The minimum Gasteiger partial charge on any atom is -0.307 e. The van der Waals surface area contributed by atoms with Gasteiger partial charge in [0.2, 0.25) is 0 Å². The predicted molar refractivity (Wildman–Crippen MR) is 110 cm³/mol. The van der Waals surface area contributed by atoms with Gasteiger partial charge in [0.05, 0.1) is 20.4 Å². The molecule has 2 aromatic carbocycles. The van der Waals surface area contributed by atoms with Crippen molar-refractivity contribution in [3.8, 4) is 0 Å². The van der Waals surface area contributed by atoms with E-state index in [0.717, 1.165) is 17.7 Å². The summed E-state index contributed by atoms with van der Waals surface area (Å²) in [6.45, 7) is 0.532. The van der Waals surface area contributed by atoms with Crippen LogP contribution < -0.4 is 9.62 Å². The van der Waals surface area contributed by atoms with Gasteiger partial charge in [-0.15, -0.1) is 11.3 Å². The Hall–Kier alpha value is -3.24.